The normalized spacial score (nSPS) is 21.6. The number of imidazole rings is 1. The first-order valence-electron chi connectivity index (χ1n) is 11.6. The fourth-order valence-electron chi connectivity index (χ4n) is 4.72. The maximum atomic E-state index is 12.5. The van der Waals surface area contributed by atoms with Crippen molar-refractivity contribution in [2.75, 3.05) is 7.11 Å². The predicted octanol–water partition coefficient (Wildman–Crippen LogP) is 5.98. The van der Waals surface area contributed by atoms with Crippen LogP contribution < -0.4 is 4.74 Å². The molecule has 0 radical (unpaired) electrons. The zero-order valence-electron chi connectivity index (χ0n) is 19.5. The highest BCUT2D eigenvalue weighted by Gasteiger charge is 2.31. The van der Waals surface area contributed by atoms with Crippen LogP contribution in [0.5, 0.6) is 5.75 Å². The van der Waals surface area contributed by atoms with Crippen LogP contribution in [0.4, 0.5) is 19.1 Å². The summed E-state index contributed by atoms with van der Waals surface area (Å²) in [7, 11) is 1.62. The van der Waals surface area contributed by atoms with Crippen LogP contribution in [0.15, 0.2) is 53.6 Å². The van der Waals surface area contributed by atoms with Gasteiger partial charge in [-0.05, 0) is 49.5 Å². The molecule has 0 saturated carbocycles. The summed E-state index contributed by atoms with van der Waals surface area (Å²) in [6, 6.07) is 5.95. The van der Waals surface area contributed by atoms with E-state index in [9.17, 15) is 13.2 Å². The number of methoxy groups -OCH3 is 1. The van der Waals surface area contributed by atoms with Crippen molar-refractivity contribution in [1.29, 1.82) is 0 Å². The first kappa shape index (κ1) is 24.4. The Morgan fingerprint density at radius 3 is 2.64 bits per heavy atom. The van der Waals surface area contributed by atoms with Gasteiger partial charge in [0.05, 0.1) is 19.5 Å². The molecule has 5 rings (SSSR count). The smallest absolute Gasteiger partial charge is 0.499 e. The lowest BCUT2D eigenvalue weighted by molar-refractivity contribution is -0.274. The van der Waals surface area contributed by atoms with Gasteiger partial charge in [0, 0.05) is 24.4 Å². The predicted molar refractivity (Wildman–Crippen MR) is 127 cm³/mol. The lowest BCUT2D eigenvalue weighted by Gasteiger charge is -2.24. The Labute approximate surface area is 210 Å². The van der Waals surface area contributed by atoms with Crippen LogP contribution in [0.25, 0.3) is 0 Å². The molecule has 3 heterocycles. The minimum absolute atomic E-state index is 0.0192. The molecule has 0 spiro atoms. The fourth-order valence-corrected chi connectivity index (χ4v) is 4.87. The molecule has 0 N–H and O–H groups in total. The Kier molecular flexibility index (Phi) is 6.74. The van der Waals surface area contributed by atoms with Crippen molar-refractivity contribution in [1.82, 2.24) is 24.3 Å². The van der Waals surface area contributed by atoms with Gasteiger partial charge in [-0.2, -0.15) is 4.98 Å². The lowest BCUT2D eigenvalue weighted by atomic mass is 9.93. The molecular formula is C24H24ClF3N6O2. The number of alkyl halides is 3. The second-order valence-corrected chi connectivity index (χ2v) is 9.10. The van der Waals surface area contributed by atoms with E-state index in [1.165, 1.54) is 12.1 Å². The second kappa shape index (κ2) is 9.96. The van der Waals surface area contributed by atoms with E-state index in [1.54, 1.807) is 31.8 Å². The van der Waals surface area contributed by atoms with E-state index >= 15 is 0 Å². The second-order valence-electron chi connectivity index (χ2n) is 8.71. The Morgan fingerprint density at radius 2 is 1.94 bits per heavy atom. The monoisotopic (exact) mass is 520 g/mol. The highest BCUT2D eigenvalue weighted by Crippen LogP contribution is 2.35. The van der Waals surface area contributed by atoms with Crippen molar-refractivity contribution in [3.05, 3.63) is 65.2 Å². The summed E-state index contributed by atoms with van der Waals surface area (Å²) in [5, 5.41) is 5.04. The summed E-state index contributed by atoms with van der Waals surface area (Å²) in [4.78, 5) is 13.5. The van der Waals surface area contributed by atoms with Gasteiger partial charge in [-0.15, -0.1) is 18.3 Å². The van der Waals surface area contributed by atoms with Crippen LogP contribution >= 0.6 is 11.6 Å². The number of ether oxygens (including phenoxy) is 2. The van der Waals surface area contributed by atoms with E-state index in [0.29, 0.717) is 24.1 Å². The van der Waals surface area contributed by atoms with Crippen LogP contribution in [0.3, 0.4) is 0 Å². The number of aromatic nitrogens is 5. The van der Waals surface area contributed by atoms with Gasteiger partial charge in [0.15, 0.2) is 0 Å². The lowest BCUT2D eigenvalue weighted by Crippen LogP contribution is -2.18. The van der Waals surface area contributed by atoms with Crippen LogP contribution in [-0.4, -0.2) is 43.5 Å². The topological polar surface area (TPSA) is 79.4 Å². The number of rotatable bonds is 5. The van der Waals surface area contributed by atoms with Gasteiger partial charge >= 0.3 is 6.36 Å². The summed E-state index contributed by atoms with van der Waals surface area (Å²) in [5.41, 5.74) is 1.67. The van der Waals surface area contributed by atoms with Crippen molar-refractivity contribution >= 4 is 23.3 Å². The molecular weight excluding hydrogens is 497 g/mol. The average Bonchev–Trinajstić information content (AvgIpc) is 3.39. The molecule has 1 aliphatic heterocycles. The molecule has 12 heteroatoms. The number of aryl methyl sites for hydroxylation is 1. The number of aliphatic imine (C=N–C) groups is 1. The van der Waals surface area contributed by atoms with Crippen LogP contribution in [-0.2, 0) is 11.3 Å². The zero-order valence-corrected chi connectivity index (χ0v) is 20.2. The number of benzene rings is 1. The molecule has 2 atom stereocenters. The first-order valence-corrected chi connectivity index (χ1v) is 12.0. The van der Waals surface area contributed by atoms with Gasteiger partial charge in [0.1, 0.15) is 22.5 Å². The van der Waals surface area contributed by atoms with E-state index in [4.69, 9.17) is 21.3 Å². The Balaban J connectivity index is 1.39. The third kappa shape index (κ3) is 5.40. The molecule has 0 amide bonds. The minimum atomic E-state index is -4.72. The maximum absolute atomic E-state index is 12.5. The van der Waals surface area contributed by atoms with Crippen molar-refractivity contribution in [3.63, 3.8) is 0 Å². The van der Waals surface area contributed by atoms with Gasteiger partial charge in [-0.3, -0.25) is 0 Å². The summed E-state index contributed by atoms with van der Waals surface area (Å²) >= 11 is 5.97. The quantitative estimate of drug-likeness (QED) is 0.413. The third-order valence-electron chi connectivity index (χ3n) is 6.35. The van der Waals surface area contributed by atoms with E-state index < -0.39 is 6.36 Å². The van der Waals surface area contributed by atoms with Crippen LogP contribution in [0, 0.1) is 0 Å². The summed E-state index contributed by atoms with van der Waals surface area (Å²) in [6.07, 6.45) is 4.77. The van der Waals surface area contributed by atoms with Gasteiger partial charge in [0.2, 0.25) is 0 Å². The van der Waals surface area contributed by atoms with Gasteiger partial charge in [-0.1, -0.05) is 30.2 Å². The molecule has 2 aromatic heterocycles. The molecule has 0 fully saturated rings. The summed E-state index contributed by atoms with van der Waals surface area (Å²) in [6.45, 7) is 0.710. The third-order valence-corrected chi connectivity index (χ3v) is 6.55. The molecule has 1 aliphatic carbocycles. The largest absolute Gasteiger partial charge is 0.573 e. The summed E-state index contributed by atoms with van der Waals surface area (Å²) in [5.74, 6) is 1.52. The van der Waals surface area contributed by atoms with Crippen molar-refractivity contribution < 1.29 is 22.6 Å². The molecule has 8 nitrogen and oxygen atoms in total. The van der Waals surface area contributed by atoms with Crippen molar-refractivity contribution in [3.8, 4) is 5.75 Å². The van der Waals surface area contributed by atoms with E-state index in [2.05, 4.69) is 19.8 Å². The van der Waals surface area contributed by atoms with Crippen LogP contribution in [0.2, 0.25) is 5.15 Å². The first-order chi connectivity index (χ1) is 17.3. The van der Waals surface area contributed by atoms with Crippen molar-refractivity contribution in [2.45, 2.75) is 57.0 Å². The van der Waals surface area contributed by atoms with Gasteiger partial charge in [0.25, 0.3) is 5.95 Å². The number of hydrogen-bond acceptors (Lipinski definition) is 6. The molecule has 36 heavy (non-hydrogen) atoms. The number of fused-ring (bicyclic) bond motifs is 1. The Morgan fingerprint density at radius 1 is 1.14 bits per heavy atom. The number of allylic oxidation sites excluding steroid dienone is 2. The highest BCUT2D eigenvalue weighted by atomic mass is 35.5. The van der Waals surface area contributed by atoms with Crippen LogP contribution in [0.1, 0.15) is 55.5 Å². The highest BCUT2D eigenvalue weighted by molar-refractivity contribution is 6.29. The van der Waals surface area contributed by atoms with E-state index in [0.717, 1.165) is 48.5 Å². The molecule has 0 bridgehead atoms. The Bertz CT molecular complexity index is 1280. The van der Waals surface area contributed by atoms with E-state index in [1.807, 2.05) is 15.3 Å². The molecule has 2 aliphatic rings. The standard InChI is InChI=1S/C24H24ClF3N6O2/c1-35-20-12-16(7-10-19(20)33-13-21(25)29-14-33)30-23-31-22-18(4-2-3-11-34(22)32-23)15-5-8-17(9-6-15)36-24(26,27)28/h5-6,8-9,12-14,18-19H,2-4,7,10-11H2,1H3. The molecule has 1 aromatic carbocycles. The minimum Gasteiger partial charge on any atom is -0.499 e. The van der Waals surface area contributed by atoms with Crippen molar-refractivity contribution in [2.24, 2.45) is 4.99 Å². The molecule has 2 unspecified atom stereocenters. The van der Waals surface area contributed by atoms with Gasteiger partial charge < -0.3 is 14.0 Å². The molecule has 3 aromatic rings. The summed E-state index contributed by atoms with van der Waals surface area (Å²) < 4.78 is 51.0. The average molecular weight is 521 g/mol. The molecule has 190 valence electrons. The Hall–Kier alpha value is -3.34. The molecule has 0 saturated heterocycles. The van der Waals surface area contributed by atoms with E-state index in [-0.39, 0.29) is 17.7 Å². The SMILES string of the molecule is COC1=CC(=Nc2nc3n(n2)CCCCC3c2ccc(OC(F)(F)F)cc2)CCC1n1cnc(Cl)c1. The number of hydrogen-bond donors (Lipinski definition) is 0. The maximum Gasteiger partial charge on any atom is 0.573 e. The number of nitrogens with zero attached hydrogens (tertiary/aromatic N) is 6. The van der Waals surface area contributed by atoms with Gasteiger partial charge in [-0.25, -0.2) is 14.7 Å². The fraction of sp³-hybridized carbons (Fsp3) is 0.417. The zero-order chi connectivity index (χ0) is 25.3. The number of halogens is 4.